The van der Waals surface area contributed by atoms with Crippen LogP contribution in [0, 0.1) is 0 Å². The molecule has 0 atom stereocenters. The number of nitrogens with one attached hydrogen (secondary N) is 1. The average molecular weight is 412 g/mol. The number of halogens is 1. The topological polar surface area (TPSA) is 101 Å². The maximum atomic E-state index is 12.4. The maximum Gasteiger partial charge on any atom is 0.302 e. The molecule has 0 spiro atoms. The van der Waals surface area contributed by atoms with Gasteiger partial charge in [-0.05, 0) is 30.3 Å². The summed E-state index contributed by atoms with van der Waals surface area (Å²) in [6.07, 6.45) is 0. The summed E-state index contributed by atoms with van der Waals surface area (Å²) in [4.78, 5) is 30.3. The molecule has 2 aromatic heterocycles. The number of imide groups is 1. The highest BCUT2D eigenvalue weighted by atomic mass is 35.5. The van der Waals surface area contributed by atoms with E-state index >= 15 is 0 Å². The summed E-state index contributed by atoms with van der Waals surface area (Å²) in [6, 6.07) is 12.1. The Morgan fingerprint density at radius 3 is 2.57 bits per heavy atom. The van der Waals surface area contributed by atoms with Crippen LogP contribution in [0.1, 0.15) is 25.7 Å². The number of carbonyl (C=O) groups is 2. The molecule has 0 aliphatic carbocycles. The Kier molecular flexibility index (Phi) is 3.85. The Balaban J connectivity index is 1.34. The highest BCUT2D eigenvalue weighted by Gasteiger charge is 2.35. The van der Waals surface area contributed by atoms with E-state index in [4.69, 9.17) is 16.0 Å². The Morgan fingerprint density at radius 2 is 1.82 bits per heavy atom. The Morgan fingerprint density at radius 1 is 1.07 bits per heavy atom. The van der Waals surface area contributed by atoms with Crippen LogP contribution in [0.15, 0.2) is 46.9 Å². The molecule has 0 fully saturated rings. The number of fused-ring (bicyclic) bond motifs is 2. The van der Waals surface area contributed by atoms with E-state index < -0.39 is 0 Å². The van der Waals surface area contributed by atoms with Gasteiger partial charge in [-0.3, -0.25) is 19.8 Å². The largest absolute Gasteiger partial charge is 0.423 e. The molecule has 1 aliphatic heterocycles. The molecule has 28 heavy (non-hydrogen) atoms. The molecule has 2 aromatic carbocycles. The molecule has 0 saturated heterocycles. The Hall–Kier alpha value is -3.30. The minimum absolute atomic E-state index is 0.0505. The van der Waals surface area contributed by atoms with Crippen LogP contribution in [-0.4, -0.2) is 31.9 Å². The van der Waals surface area contributed by atoms with E-state index in [0.29, 0.717) is 37.4 Å². The molecule has 8 nitrogen and oxygen atoms in total. The number of oxazole rings is 1. The zero-order valence-corrected chi connectivity index (χ0v) is 15.6. The van der Waals surface area contributed by atoms with Crippen LogP contribution in [0.3, 0.4) is 0 Å². The van der Waals surface area contributed by atoms with E-state index in [9.17, 15) is 9.59 Å². The molecule has 1 aliphatic rings. The summed E-state index contributed by atoms with van der Waals surface area (Å²) in [5.74, 6) is -0.665. The fourth-order valence-electron chi connectivity index (χ4n) is 2.93. The number of nitrogens with zero attached hydrogens (tertiary/aromatic N) is 4. The molecule has 1 N–H and O–H groups in total. The predicted molar refractivity (Wildman–Crippen MR) is 103 cm³/mol. The van der Waals surface area contributed by atoms with Crippen molar-refractivity contribution in [3.8, 4) is 0 Å². The lowest BCUT2D eigenvalue weighted by atomic mass is 10.1. The first-order chi connectivity index (χ1) is 13.6. The van der Waals surface area contributed by atoms with Crippen molar-refractivity contribution < 1.29 is 14.0 Å². The highest BCUT2D eigenvalue weighted by molar-refractivity contribution is 7.15. The summed E-state index contributed by atoms with van der Waals surface area (Å²) >= 11 is 7.15. The molecule has 5 rings (SSSR count). The van der Waals surface area contributed by atoms with E-state index in [1.807, 2.05) is 0 Å². The number of hydrogen-bond donors (Lipinski definition) is 1. The number of carbonyl (C=O) groups excluding carboxylic acids is 2. The number of hydrogen-bond acceptors (Lipinski definition) is 8. The first-order valence-corrected chi connectivity index (χ1v) is 9.38. The summed E-state index contributed by atoms with van der Waals surface area (Å²) in [5, 5.41) is 12.5. The average Bonchev–Trinajstić information content (AvgIpc) is 3.36. The SMILES string of the molecule is O=C1c2ccccc2C(=O)N1Cc1nnc(Nc2nc3cc(Cl)ccc3o2)s1. The van der Waals surface area contributed by atoms with Crippen LogP contribution in [0.25, 0.3) is 11.1 Å². The van der Waals surface area contributed by atoms with Gasteiger partial charge in [0.15, 0.2) is 5.58 Å². The van der Waals surface area contributed by atoms with Gasteiger partial charge in [0.2, 0.25) is 5.13 Å². The normalized spacial score (nSPS) is 13.4. The Bertz CT molecular complexity index is 1220. The van der Waals surface area contributed by atoms with Gasteiger partial charge in [-0.25, -0.2) is 0 Å². The third-order valence-electron chi connectivity index (χ3n) is 4.20. The zero-order valence-electron chi connectivity index (χ0n) is 14.0. The van der Waals surface area contributed by atoms with E-state index in [-0.39, 0.29) is 24.4 Å². The first-order valence-electron chi connectivity index (χ1n) is 8.19. The van der Waals surface area contributed by atoms with Crippen molar-refractivity contribution in [1.29, 1.82) is 0 Å². The van der Waals surface area contributed by atoms with Gasteiger partial charge in [0, 0.05) is 5.02 Å². The maximum absolute atomic E-state index is 12.4. The van der Waals surface area contributed by atoms with Crippen molar-refractivity contribution in [2.24, 2.45) is 0 Å². The van der Waals surface area contributed by atoms with Gasteiger partial charge in [-0.1, -0.05) is 35.1 Å². The molecule has 2 amide bonds. The standard InChI is InChI=1S/C18H10ClN5O3S/c19-9-5-6-13-12(7-9)20-17(27-13)21-18-23-22-14(28-18)8-24-15(25)10-3-1-2-4-11(10)16(24)26/h1-7H,8H2,(H,20,21,23). The van der Waals surface area contributed by atoms with Crippen molar-refractivity contribution in [3.05, 3.63) is 63.6 Å². The summed E-state index contributed by atoms with van der Waals surface area (Å²) in [5.41, 5.74) is 2.01. The van der Waals surface area contributed by atoms with Gasteiger partial charge >= 0.3 is 6.01 Å². The van der Waals surface area contributed by atoms with E-state index in [1.54, 1.807) is 42.5 Å². The number of benzene rings is 2. The van der Waals surface area contributed by atoms with Crippen LogP contribution in [0.5, 0.6) is 0 Å². The van der Waals surface area contributed by atoms with Gasteiger partial charge < -0.3 is 4.42 Å². The third kappa shape index (κ3) is 2.81. The monoisotopic (exact) mass is 411 g/mol. The van der Waals surface area contributed by atoms with Gasteiger partial charge in [-0.2, -0.15) is 4.98 Å². The van der Waals surface area contributed by atoms with Crippen LogP contribution in [0.2, 0.25) is 5.02 Å². The lowest BCUT2D eigenvalue weighted by Gasteiger charge is -2.10. The second kappa shape index (κ2) is 6.39. The molecule has 4 aromatic rings. The van der Waals surface area contributed by atoms with Crippen molar-refractivity contribution >= 4 is 57.0 Å². The fourth-order valence-corrected chi connectivity index (χ4v) is 3.82. The molecular formula is C18H10ClN5O3S. The second-order valence-electron chi connectivity index (χ2n) is 6.00. The van der Waals surface area contributed by atoms with Gasteiger partial charge in [-0.15, -0.1) is 10.2 Å². The van der Waals surface area contributed by atoms with E-state index in [2.05, 4.69) is 20.5 Å². The molecule has 0 bridgehead atoms. The highest BCUT2D eigenvalue weighted by Crippen LogP contribution is 2.28. The molecule has 0 saturated carbocycles. The van der Waals surface area contributed by atoms with Gasteiger partial charge in [0.25, 0.3) is 11.8 Å². The van der Waals surface area contributed by atoms with E-state index in [0.717, 1.165) is 4.90 Å². The number of aromatic nitrogens is 3. The Labute approximate surface area is 166 Å². The predicted octanol–water partition coefficient (Wildman–Crippen LogP) is 3.87. The lowest BCUT2D eigenvalue weighted by molar-refractivity contribution is 0.0642. The second-order valence-corrected chi connectivity index (χ2v) is 7.50. The molecule has 138 valence electrons. The number of anilines is 2. The third-order valence-corrected chi connectivity index (χ3v) is 5.26. The number of amides is 2. The quantitative estimate of drug-likeness (QED) is 0.508. The van der Waals surface area contributed by atoms with Crippen molar-refractivity contribution in [2.45, 2.75) is 6.54 Å². The molecule has 10 heteroatoms. The van der Waals surface area contributed by atoms with Crippen molar-refractivity contribution in [3.63, 3.8) is 0 Å². The number of rotatable bonds is 4. The van der Waals surface area contributed by atoms with Crippen LogP contribution in [-0.2, 0) is 6.54 Å². The van der Waals surface area contributed by atoms with Gasteiger partial charge in [0.1, 0.15) is 10.5 Å². The minimum atomic E-state index is -0.332. The van der Waals surface area contributed by atoms with E-state index in [1.165, 1.54) is 11.3 Å². The van der Waals surface area contributed by atoms with Crippen LogP contribution < -0.4 is 5.32 Å². The molecule has 0 radical (unpaired) electrons. The molecular weight excluding hydrogens is 402 g/mol. The van der Waals surface area contributed by atoms with Crippen LogP contribution >= 0.6 is 22.9 Å². The van der Waals surface area contributed by atoms with Crippen molar-refractivity contribution in [2.75, 3.05) is 5.32 Å². The summed E-state index contributed by atoms with van der Waals surface area (Å²) in [6.45, 7) is 0.0505. The zero-order chi connectivity index (χ0) is 19.3. The summed E-state index contributed by atoms with van der Waals surface area (Å²) in [7, 11) is 0. The minimum Gasteiger partial charge on any atom is -0.423 e. The van der Waals surface area contributed by atoms with Gasteiger partial charge in [0.05, 0.1) is 17.7 Å². The van der Waals surface area contributed by atoms with Crippen LogP contribution in [0.4, 0.5) is 11.1 Å². The summed E-state index contributed by atoms with van der Waals surface area (Å²) < 4.78 is 5.59. The molecule has 0 unspecified atom stereocenters. The smallest absolute Gasteiger partial charge is 0.302 e. The fraction of sp³-hybridized carbons (Fsp3) is 0.0556. The lowest BCUT2D eigenvalue weighted by Crippen LogP contribution is -2.29. The van der Waals surface area contributed by atoms with Crippen molar-refractivity contribution in [1.82, 2.24) is 20.1 Å². The first kappa shape index (κ1) is 16.8. The molecule has 3 heterocycles.